The molecule has 2 amide bonds. The van der Waals surface area contributed by atoms with E-state index in [1.165, 1.54) is 0 Å². The van der Waals surface area contributed by atoms with Gasteiger partial charge in [0.05, 0.1) is 10.6 Å². The lowest BCUT2D eigenvalue weighted by Crippen LogP contribution is -2.23. The van der Waals surface area contributed by atoms with Crippen LogP contribution >= 0.6 is 11.6 Å². The summed E-state index contributed by atoms with van der Waals surface area (Å²) in [5, 5.41) is 3.22. The molecule has 0 unspecified atom stereocenters. The number of carbonyl (C=O) groups excluding carboxylic acids is 2. The maximum absolute atomic E-state index is 12.3. The fourth-order valence-electron chi connectivity index (χ4n) is 2.52. The number of amides is 2. The van der Waals surface area contributed by atoms with Crippen LogP contribution in [0.1, 0.15) is 23.2 Å². The summed E-state index contributed by atoms with van der Waals surface area (Å²) in [5.74, 6) is -0.148. The van der Waals surface area contributed by atoms with Gasteiger partial charge < -0.3 is 10.2 Å². The van der Waals surface area contributed by atoms with Crippen LogP contribution in [0.2, 0.25) is 5.02 Å². The summed E-state index contributed by atoms with van der Waals surface area (Å²) >= 11 is 6.03. The first kappa shape index (κ1) is 14.6. The van der Waals surface area contributed by atoms with E-state index in [4.69, 9.17) is 11.6 Å². The summed E-state index contributed by atoms with van der Waals surface area (Å²) in [6.45, 7) is 0.723. The Morgan fingerprint density at radius 2 is 1.95 bits per heavy atom. The molecule has 4 nitrogen and oxygen atoms in total. The van der Waals surface area contributed by atoms with Gasteiger partial charge in [-0.05, 0) is 36.8 Å². The van der Waals surface area contributed by atoms with Gasteiger partial charge in [-0.25, -0.2) is 0 Å². The van der Waals surface area contributed by atoms with Gasteiger partial charge in [0, 0.05) is 24.3 Å². The maximum atomic E-state index is 12.3. The minimum Gasteiger partial charge on any atom is -0.322 e. The Kier molecular flexibility index (Phi) is 4.11. The first-order valence-corrected chi connectivity index (χ1v) is 7.49. The van der Waals surface area contributed by atoms with E-state index in [9.17, 15) is 9.59 Å². The molecule has 0 radical (unpaired) electrons. The summed E-state index contributed by atoms with van der Waals surface area (Å²) in [4.78, 5) is 25.8. The SMILES string of the molecule is O=C(Nc1cccc(N2CCCC2=O)c1)c1ccccc1Cl. The second kappa shape index (κ2) is 6.20. The zero-order chi connectivity index (χ0) is 15.5. The molecule has 0 atom stereocenters. The molecule has 0 bridgehead atoms. The van der Waals surface area contributed by atoms with Crippen molar-refractivity contribution < 1.29 is 9.59 Å². The van der Waals surface area contributed by atoms with E-state index in [1.807, 2.05) is 12.1 Å². The number of rotatable bonds is 3. The van der Waals surface area contributed by atoms with Crippen molar-refractivity contribution in [3.05, 3.63) is 59.1 Å². The number of carbonyl (C=O) groups is 2. The van der Waals surface area contributed by atoms with E-state index in [1.54, 1.807) is 41.3 Å². The predicted molar refractivity (Wildman–Crippen MR) is 87.4 cm³/mol. The molecule has 1 aliphatic rings. The van der Waals surface area contributed by atoms with Crippen molar-refractivity contribution >= 4 is 34.8 Å². The molecule has 0 saturated carbocycles. The molecule has 2 aromatic rings. The van der Waals surface area contributed by atoms with E-state index in [-0.39, 0.29) is 11.8 Å². The third kappa shape index (κ3) is 2.97. The molecule has 1 N–H and O–H groups in total. The minimum atomic E-state index is -0.268. The van der Waals surface area contributed by atoms with Gasteiger partial charge >= 0.3 is 0 Å². The van der Waals surface area contributed by atoms with E-state index in [0.29, 0.717) is 22.7 Å². The van der Waals surface area contributed by atoms with Crippen molar-refractivity contribution in [2.45, 2.75) is 12.8 Å². The number of hydrogen-bond acceptors (Lipinski definition) is 2. The zero-order valence-corrected chi connectivity index (χ0v) is 12.6. The van der Waals surface area contributed by atoms with E-state index in [0.717, 1.165) is 18.7 Å². The molecule has 2 aromatic carbocycles. The quantitative estimate of drug-likeness (QED) is 0.938. The lowest BCUT2D eigenvalue weighted by Gasteiger charge is -2.17. The number of hydrogen-bond donors (Lipinski definition) is 1. The van der Waals surface area contributed by atoms with Crippen LogP contribution in [0.4, 0.5) is 11.4 Å². The number of nitrogens with one attached hydrogen (secondary N) is 1. The fourth-order valence-corrected chi connectivity index (χ4v) is 2.74. The molecular formula is C17H15ClN2O2. The molecule has 112 valence electrons. The summed E-state index contributed by atoms with van der Waals surface area (Å²) in [6.07, 6.45) is 1.45. The first-order valence-electron chi connectivity index (χ1n) is 7.11. The highest BCUT2D eigenvalue weighted by atomic mass is 35.5. The number of anilines is 2. The molecule has 0 spiro atoms. The summed E-state index contributed by atoms with van der Waals surface area (Å²) in [7, 11) is 0. The smallest absolute Gasteiger partial charge is 0.257 e. The second-order valence-electron chi connectivity index (χ2n) is 5.13. The van der Waals surface area contributed by atoms with Crippen molar-refractivity contribution in [2.24, 2.45) is 0 Å². The Hall–Kier alpha value is -2.33. The predicted octanol–water partition coefficient (Wildman–Crippen LogP) is 3.72. The Morgan fingerprint density at radius 3 is 2.68 bits per heavy atom. The molecule has 1 fully saturated rings. The van der Waals surface area contributed by atoms with Crippen LogP contribution in [0.5, 0.6) is 0 Å². The Labute approximate surface area is 133 Å². The lowest BCUT2D eigenvalue weighted by atomic mass is 10.2. The summed E-state index contributed by atoms with van der Waals surface area (Å²) in [5.41, 5.74) is 1.87. The minimum absolute atomic E-state index is 0.120. The molecular weight excluding hydrogens is 300 g/mol. The molecule has 1 saturated heterocycles. The molecule has 0 aromatic heterocycles. The Balaban J connectivity index is 1.80. The highest BCUT2D eigenvalue weighted by molar-refractivity contribution is 6.34. The van der Waals surface area contributed by atoms with E-state index < -0.39 is 0 Å². The molecule has 3 rings (SSSR count). The van der Waals surface area contributed by atoms with Gasteiger partial charge in [-0.3, -0.25) is 9.59 Å². The Bertz CT molecular complexity index is 730. The Morgan fingerprint density at radius 1 is 1.14 bits per heavy atom. The third-order valence-electron chi connectivity index (χ3n) is 3.61. The number of nitrogens with zero attached hydrogens (tertiary/aromatic N) is 1. The van der Waals surface area contributed by atoms with Crippen LogP contribution < -0.4 is 10.2 Å². The topological polar surface area (TPSA) is 49.4 Å². The van der Waals surface area contributed by atoms with Gasteiger partial charge in [0.2, 0.25) is 5.91 Å². The van der Waals surface area contributed by atoms with E-state index in [2.05, 4.69) is 5.32 Å². The van der Waals surface area contributed by atoms with Crippen LogP contribution in [0.3, 0.4) is 0 Å². The van der Waals surface area contributed by atoms with Crippen LogP contribution in [0, 0.1) is 0 Å². The van der Waals surface area contributed by atoms with Crippen molar-refractivity contribution in [2.75, 3.05) is 16.8 Å². The molecule has 1 aliphatic heterocycles. The first-order chi connectivity index (χ1) is 10.6. The van der Waals surface area contributed by atoms with Gasteiger partial charge in [-0.15, -0.1) is 0 Å². The van der Waals surface area contributed by atoms with Crippen molar-refractivity contribution in [3.8, 4) is 0 Å². The van der Waals surface area contributed by atoms with E-state index >= 15 is 0 Å². The number of benzene rings is 2. The average Bonchev–Trinajstić information content (AvgIpc) is 2.94. The lowest BCUT2D eigenvalue weighted by molar-refractivity contribution is -0.117. The fraction of sp³-hybridized carbons (Fsp3) is 0.176. The monoisotopic (exact) mass is 314 g/mol. The molecule has 0 aliphatic carbocycles. The normalized spacial score (nSPS) is 14.2. The highest BCUT2D eigenvalue weighted by Crippen LogP contribution is 2.25. The molecule has 5 heteroatoms. The maximum Gasteiger partial charge on any atom is 0.257 e. The standard InChI is InChI=1S/C17H15ClN2O2/c18-15-8-2-1-7-14(15)17(22)19-12-5-3-6-13(11-12)20-10-4-9-16(20)21/h1-3,5-8,11H,4,9-10H2,(H,19,22). The third-order valence-corrected chi connectivity index (χ3v) is 3.94. The zero-order valence-electron chi connectivity index (χ0n) is 11.9. The second-order valence-corrected chi connectivity index (χ2v) is 5.54. The van der Waals surface area contributed by atoms with Crippen LogP contribution in [-0.2, 0) is 4.79 Å². The van der Waals surface area contributed by atoms with Crippen LogP contribution in [0.25, 0.3) is 0 Å². The summed E-state index contributed by atoms with van der Waals surface area (Å²) in [6, 6.07) is 14.2. The van der Waals surface area contributed by atoms with Gasteiger partial charge in [0.15, 0.2) is 0 Å². The van der Waals surface area contributed by atoms with Crippen molar-refractivity contribution in [1.29, 1.82) is 0 Å². The van der Waals surface area contributed by atoms with Gasteiger partial charge in [-0.1, -0.05) is 29.8 Å². The summed E-state index contributed by atoms with van der Waals surface area (Å²) < 4.78 is 0. The largest absolute Gasteiger partial charge is 0.322 e. The van der Waals surface area contributed by atoms with Gasteiger partial charge in [-0.2, -0.15) is 0 Å². The van der Waals surface area contributed by atoms with Crippen molar-refractivity contribution in [3.63, 3.8) is 0 Å². The molecule has 1 heterocycles. The number of halogens is 1. The van der Waals surface area contributed by atoms with Crippen LogP contribution in [-0.4, -0.2) is 18.4 Å². The molecule has 22 heavy (non-hydrogen) atoms. The highest BCUT2D eigenvalue weighted by Gasteiger charge is 2.21. The van der Waals surface area contributed by atoms with Crippen molar-refractivity contribution in [1.82, 2.24) is 0 Å². The van der Waals surface area contributed by atoms with Gasteiger partial charge in [0.1, 0.15) is 0 Å². The van der Waals surface area contributed by atoms with Gasteiger partial charge in [0.25, 0.3) is 5.91 Å². The average molecular weight is 315 g/mol. The van der Waals surface area contributed by atoms with Crippen LogP contribution in [0.15, 0.2) is 48.5 Å².